The van der Waals surface area contributed by atoms with Crippen LogP contribution in [-0.2, 0) is 6.54 Å². The molecule has 4 nitrogen and oxygen atoms in total. The van der Waals surface area contributed by atoms with Gasteiger partial charge in [0.2, 0.25) is 5.39 Å². The molecule has 0 saturated heterocycles. The average molecular weight is 232 g/mol. The van der Waals surface area contributed by atoms with Gasteiger partial charge in [0.25, 0.3) is 0 Å². The summed E-state index contributed by atoms with van der Waals surface area (Å²) >= 11 is 0. The normalized spacial score (nSPS) is 11.5. The summed E-state index contributed by atoms with van der Waals surface area (Å²) in [7, 11) is 2.05. The van der Waals surface area contributed by atoms with E-state index in [1.165, 1.54) is 5.56 Å². The minimum Gasteiger partial charge on any atom is -0.505 e. The Morgan fingerprint density at radius 2 is 2.12 bits per heavy atom. The number of allylic oxidation sites excluding steroid dienone is 1. The third-order valence-electron chi connectivity index (χ3n) is 2.47. The molecule has 0 aliphatic rings. The highest BCUT2D eigenvalue weighted by atomic mass is 16.3. The highest BCUT2D eigenvalue weighted by Crippen LogP contribution is 2.06. The molecule has 0 fully saturated rings. The van der Waals surface area contributed by atoms with Crippen LogP contribution in [0, 0.1) is 5.39 Å². The molecule has 90 valence electrons. The standard InChI is InChI=1S/C13H17N3O/c1-16(9-5-8-13(17)10-15-14)11-12-6-3-2-4-7-12/h2-4,6-7,10H,5,8-9,11H2,1H3/p+1/b13-10-. The molecule has 17 heavy (non-hydrogen) atoms. The second-order valence-corrected chi connectivity index (χ2v) is 4.06. The highest BCUT2D eigenvalue weighted by Gasteiger charge is 2.03. The number of nitrogens with zero attached hydrogens (tertiary/aromatic N) is 3. The van der Waals surface area contributed by atoms with E-state index in [0.29, 0.717) is 6.42 Å². The van der Waals surface area contributed by atoms with Gasteiger partial charge in [-0.3, -0.25) is 0 Å². The number of aliphatic hydroxyl groups is 1. The summed E-state index contributed by atoms with van der Waals surface area (Å²) in [5.41, 5.74) is 1.28. The van der Waals surface area contributed by atoms with Gasteiger partial charge in [0.15, 0.2) is 10.7 Å². The van der Waals surface area contributed by atoms with Gasteiger partial charge in [0.05, 0.1) is 0 Å². The largest absolute Gasteiger partial charge is 0.505 e. The van der Waals surface area contributed by atoms with Crippen molar-refractivity contribution < 1.29 is 5.11 Å². The topological polar surface area (TPSA) is 51.6 Å². The lowest BCUT2D eigenvalue weighted by Crippen LogP contribution is -2.19. The number of benzene rings is 1. The van der Waals surface area contributed by atoms with E-state index in [1.807, 2.05) is 25.2 Å². The molecule has 0 heterocycles. The maximum absolute atomic E-state index is 9.24. The molecule has 1 rings (SSSR count). The SMILES string of the molecule is CN(CCC/C(O)=C/[N+]#N)Cc1ccccc1. The molecule has 0 aliphatic heterocycles. The van der Waals surface area contributed by atoms with Crippen LogP contribution in [0.1, 0.15) is 18.4 Å². The Morgan fingerprint density at radius 1 is 1.41 bits per heavy atom. The quantitative estimate of drug-likeness (QED) is 0.605. The van der Waals surface area contributed by atoms with Crippen molar-refractivity contribution in [3.8, 4) is 0 Å². The fraction of sp³-hybridized carbons (Fsp3) is 0.385. The lowest BCUT2D eigenvalue weighted by molar-refractivity contribution is 0.307. The van der Waals surface area contributed by atoms with Crippen LogP contribution < -0.4 is 0 Å². The number of aliphatic hydroxyl groups excluding tert-OH is 1. The Balaban J connectivity index is 2.25. The van der Waals surface area contributed by atoms with Crippen molar-refractivity contribution in [3.05, 3.63) is 52.8 Å². The maximum Gasteiger partial charge on any atom is 0.387 e. The van der Waals surface area contributed by atoms with Crippen molar-refractivity contribution in [1.29, 1.82) is 5.39 Å². The molecule has 0 radical (unpaired) electrons. The molecule has 0 aliphatic carbocycles. The Hall–Kier alpha value is -1.86. The van der Waals surface area contributed by atoms with E-state index in [4.69, 9.17) is 5.39 Å². The van der Waals surface area contributed by atoms with Crippen molar-refractivity contribution in [2.45, 2.75) is 19.4 Å². The van der Waals surface area contributed by atoms with Crippen LogP contribution in [-0.4, -0.2) is 23.6 Å². The van der Waals surface area contributed by atoms with E-state index in [0.717, 1.165) is 25.7 Å². The number of rotatable bonds is 6. The van der Waals surface area contributed by atoms with Crippen molar-refractivity contribution >= 4 is 0 Å². The summed E-state index contributed by atoms with van der Waals surface area (Å²) in [6.45, 7) is 1.79. The van der Waals surface area contributed by atoms with Crippen molar-refractivity contribution in [1.82, 2.24) is 4.90 Å². The zero-order valence-corrected chi connectivity index (χ0v) is 10.1. The number of hydrogen-bond donors (Lipinski definition) is 1. The van der Waals surface area contributed by atoms with Crippen LogP contribution in [0.3, 0.4) is 0 Å². The first-order valence-electron chi connectivity index (χ1n) is 5.67. The Kier molecular flexibility index (Phi) is 5.76. The first kappa shape index (κ1) is 13.2. The lowest BCUT2D eigenvalue weighted by Gasteiger charge is -2.16. The molecular weight excluding hydrogens is 214 g/mol. The van der Waals surface area contributed by atoms with Gasteiger partial charge in [-0.15, -0.1) is 0 Å². The summed E-state index contributed by atoms with van der Waals surface area (Å²) in [4.78, 5) is 4.97. The van der Waals surface area contributed by atoms with Gasteiger partial charge >= 0.3 is 6.20 Å². The molecular formula is C13H18N3O+. The summed E-state index contributed by atoms with van der Waals surface area (Å²) in [6.07, 6.45) is 2.43. The van der Waals surface area contributed by atoms with Crippen LogP contribution >= 0.6 is 0 Å². The highest BCUT2D eigenvalue weighted by molar-refractivity contribution is 5.14. The van der Waals surface area contributed by atoms with Gasteiger partial charge in [-0.1, -0.05) is 30.3 Å². The van der Waals surface area contributed by atoms with E-state index >= 15 is 0 Å². The zero-order valence-electron chi connectivity index (χ0n) is 10.1. The smallest absolute Gasteiger partial charge is 0.387 e. The zero-order chi connectivity index (χ0) is 12.5. The van der Waals surface area contributed by atoms with Gasteiger partial charge in [0.1, 0.15) is 0 Å². The van der Waals surface area contributed by atoms with Gasteiger partial charge in [-0.05, 0) is 25.6 Å². The lowest BCUT2D eigenvalue weighted by atomic mass is 10.2. The summed E-state index contributed by atoms with van der Waals surface area (Å²) in [6, 6.07) is 10.3. The Morgan fingerprint density at radius 3 is 2.76 bits per heavy atom. The van der Waals surface area contributed by atoms with Gasteiger partial charge in [-0.2, -0.15) is 0 Å². The first-order chi connectivity index (χ1) is 8.22. The molecule has 0 spiro atoms. The Labute approximate surface area is 102 Å². The van der Waals surface area contributed by atoms with Gasteiger partial charge < -0.3 is 10.0 Å². The van der Waals surface area contributed by atoms with E-state index in [2.05, 4.69) is 22.0 Å². The summed E-state index contributed by atoms with van der Waals surface area (Å²) in [5.74, 6) is 0.112. The molecule has 4 heteroatoms. The fourth-order valence-corrected chi connectivity index (χ4v) is 1.64. The van der Waals surface area contributed by atoms with E-state index in [-0.39, 0.29) is 5.76 Å². The predicted molar refractivity (Wildman–Crippen MR) is 67.8 cm³/mol. The van der Waals surface area contributed by atoms with Crippen molar-refractivity contribution in [2.24, 2.45) is 0 Å². The molecule has 0 bridgehead atoms. The molecule has 1 N–H and O–H groups in total. The molecule has 0 amide bonds. The van der Waals surface area contributed by atoms with Crippen LogP contribution in [0.4, 0.5) is 0 Å². The number of hydrogen-bond acceptors (Lipinski definition) is 3. The minimum absolute atomic E-state index is 0.112. The predicted octanol–water partition coefficient (Wildman–Crippen LogP) is 3.15. The third-order valence-corrected chi connectivity index (χ3v) is 2.47. The van der Waals surface area contributed by atoms with E-state index in [9.17, 15) is 5.11 Å². The molecule has 1 aromatic carbocycles. The third kappa shape index (κ3) is 5.69. The number of diazo groups is 1. The molecule has 0 aromatic heterocycles. The first-order valence-corrected chi connectivity index (χ1v) is 5.67. The molecule has 0 saturated carbocycles. The van der Waals surface area contributed by atoms with Crippen LogP contribution in [0.5, 0.6) is 0 Å². The molecule has 0 unspecified atom stereocenters. The fourth-order valence-electron chi connectivity index (χ4n) is 1.64. The van der Waals surface area contributed by atoms with Crippen LogP contribution in [0.15, 0.2) is 42.3 Å². The second-order valence-electron chi connectivity index (χ2n) is 4.06. The molecule has 1 aromatic rings. The van der Waals surface area contributed by atoms with Crippen molar-refractivity contribution in [3.63, 3.8) is 0 Å². The van der Waals surface area contributed by atoms with Crippen LogP contribution in [0.2, 0.25) is 0 Å². The van der Waals surface area contributed by atoms with Crippen molar-refractivity contribution in [2.75, 3.05) is 13.6 Å². The minimum atomic E-state index is 0.112. The second kappa shape index (κ2) is 7.42. The Bertz CT molecular complexity index is 395. The maximum atomic E-state index is 9.24. The summed E-state index contributed by atoms with van der Waals surface area (Å²) in [5, 5.41) is 17.5. The summed E-state index contributed by atoms with van der Waals surface area (Å²) < 4.78 is 0. The monoisotopic (exact) mass is 232 g/mol. The van der Waals surface area contributed by atoms with Gasteiger partial charge in [0, 0.05) is 13.0 Å². The molecule has 0 atom stereocenters. The van der Waals surface area contributed by atoms with Gasteiger partial charge in [-0.25, -0.2) is 0 Å². The van der Waals surface area contributed by atoms with E-state index < -0.39 is 0 Å². The van der Waals surface area contributed by atoms with Crippen LogP contribution in [0.25, 0.3) is 4.98 Å². The van der Waals surface area contributed by atoms with E-state index in [1.54, 1.807) is 0 Å². The average Bonchev–Trinajstić information content (AvgIpc) is 2.30.